The summed E-state index contributed by atoms with van der Waals surface area (Å²) in [5.41, 5.74) is 0. The fourth-order valence-corrected chi connectivity index (χ4v) is 9.57. The lowest BCUT2D eigenvalue weighted by Crippen LogP contribution is -2.39. The highest BCUT2D eigenvalue weighted by Crippen LogP contribution is 2.51. The molecule has 0 heterocycles. The van der Waals surface area contributed by atoms with Crippen molar-refractivity contribution in [2.75, 3.05) is 6.61 Å². The predicted octanol–water partition coefficient (Wildman–Crippen LogP) is 4.31. The highest BCUT2D eigenvalue weighted by atomic mass is 79.9. The van der Waals surface area contributed by atoms with E-state index >= 15 is 0 Å². The number of alkyl halides is 1. The Bertz CT molecular complexity index is 1050. The van der Waals surface area contributed by atoms with Crippen LogP contribution in [-0.2, 0) is 14.3 Å². The molecule has 0 aromatic heterocycles. The van der Waals surface area contributed by atoms with Crippen LogP contribution in [0.3, 0.4) is 0 Å². The van der Waals surface area contributed by atoms with E-state index in [1.54, 1.807) is 6.92 Å². The van der Waals surface area contributed by atoms with Crippen molar-refractivity contribution < 1.29 is 14.3 Å². The molecule has 164 valence electrons. The maximum atomic E-state index is 14.1. The van der Waals surface area contributed by atoms with E-state index in [1.165, 1.54) is 0 Å². The van der Waals surface area contributed by atoms with E-state index in [-0.39, 0.29) is 34.3 Å². The number of rotatable bonds is 7. The number of esters is 1. The van der Waals surface area contributed by atoms with Gasteiger partial charge in [0.15, 0.2) is 5.78 Å². The number of ether oxygens (including phenoxy) is 1. The molecule has 3 nitrogen and oxygen atoms in total. The van der Waals surface area contributed by atoms with Gasteiger partial charge in [0.05, 0.1) is 6.61 Å². The molecule has 32 heavy (non-hydrogen) atoms. The Kier molecular flexibility index (Phi) is 6.83. The van der Waals surface area contributed by atoms with E-state index in [1.807, 2.05) is 97.9 Å². The van der Waals surface area contributed by atoms with Gasteiger partial charge in [-0.3, -0.25) is 4.79 Å². The van der Waals surface area contributed by atoms with Gasteiger partial charge in [-0.05, 0) is 35.6 Å². The summed E-state index contributed by atoms with van der Waals surface area (Å²) in [6.07, 6.45) is 0. The monoisotopic (exact) mass is 508 g/mol. The van der Waals surface area contributed by atoms with Gasteiger partial charge in [0.1, 0.15) is 5.29 Å². The highest BCUT2D eigenvalue weighted by Gasteiger charge is 2.53. The van der Waals surface area contributed by atoms with Gasteiger partial charge in [0.25, 0.3) is 0 Å². The van der Waals surface area contributed by atoms with Crippen LogP contribution in [0.2, 0.25) is 0 Å². The Morgan fingerprint density at radius 2 is 1.19 bits per heavy atom. The van der Waals surface area contributed by atoms with Gasteiger partial charge in [0, 0.05) is 10.7 Å². The van der Waals surface area contributed by atoms with Crippen LogP contribution in [0.4, 0.5) is 0 Å². The van der Waals surface area contributed by atoms with Crippen molar-refractivity contribution in [3.05, 3.63) is 91.0 Å². The number of carbonyl (C=O) groups excluding carboxylic acids is 2. The Morgan fingerprint density at radius 1 is 0.812 bits per heavy atom. The molecule has 5 heteroatoms. The molecule has 3 aromatic carbocycles. The fourth-order valence-electron chi connectivity index (χ4n) is 4.35. The number of ketones is 1. The molecule has 0 saturated heterocycles. The minimum Gasteiger partial charge on any atom is -0.462 e. The van der Waals surface area contributed by atoms with Crippen molar-refractivity contribution in [1.29, 1.82) is 0 Å². The lowest BCUT2D eigenvalue weighted by Gasteiger charge is -2.31. The second-order valence-corrected chi connectivity index (χ2v) is 12.3. The molecule has 1 aliphatic rings. The molecule has 0 radical (unpaired) electrons. The van der Waals surface area contributed by atoms with Crippen molar-refractivity contribution in [2.24, 2.45) is 11.8 Å². The molecular formula is C27H26BrO3P. The molecule has 0 bridgehead atoms. The van der Waals surface area contributed by atoms with Crippen LogP contribution in [0.15, 0.2) is 91.0 Å². The first-order valence-electron chi connectivity index (χ1n) is 10.8. The average Bonchev–Trinajstić information content (AvgIpc) is 3.44. The zero-order chi connectivity index (χ0) is 22.7. The number of benzene rings is 3. The number of hydrogen-bond donors (Lipinski definition) is 0. The lowest BCUT2D eigenvalue weighted by atomic mass is 10.1. The minimum absolute atomic E-state index is 0.0728. The smallest absolute Gasteiger partial charge is 0.342 e. The topological polar surface area (TPSA) is 43.4 Å². The van der Waals surface area contributed by atoms with Crippen LogP contribution in [0.5, 0.6) is 0 Å². The number of carbonyl (C=O) groups is 2. The third-order valence-electron chi connectivity index (χ3n) is 6.04. The Hall–Kier alpha value is -2.42. The molecule has 0 N–H and O–H groups in total. The maximum Gasteiger partial charge on any atom is 0.342 e. The van der Waals surface area contributed by atoms with Crippen LogP contribution in [0, 0.1) is 11.8 Å². The molecule has 0 spiro atoms. The van der Waals surface area contributed by atoms with Gasteiger partial charge >= 0.3 is 5.97 Å². The molecule has 3 unspecified atom stereocenters. The highest BCUT2D eigenvalue weighted by molar-refractivity contribution is 9.09. The van der Waals surface area contributed by atoms with Gasteiger partial charge in [-0.25, -0.2) is 4.79 Å². The van der Waals surface area contributed by atoms with E-state index in [0.717, 1.165) is 15.9 Å². The summed E-state index contributed by atoms with van der Waals surface area (Å²) in [5, 5.41) is 3.18. The van der Waals surface area contributed by atoms with E-state index in [0.29, 0.717) is 0 Å². The summed E-state index contributed by atoms with van der Waals surface area (Å²) in [7, 11) is 0. The van der Waals surface area contributed by atoms with Gasteiger partial charge in [-0.1, -0.05) is 114 Å². The number of Topliss-reactive ketones (excluding diaryl/α,β-unsaturated/α-hetero) is 1. The predicted molar refractivity (Wildman–Crippen MR) is 137 cm³/mol. The quantitative estimate of drug-likeness (QED) is 0.206. The number of hydrogen-bond acceptors (Lipinski definition) is 3. The van der Waals surface area contributed by atoms with Crippen molar-refractivity contribution in [3.63, 3.8) is 0 Å². The summed E-state index contributed by atoms with van der Waals surface area (Å²) in [6, 6.07) is 29.9. The van der Waals surface area contributed by atoms with E-state index < -0.39 is 12.9 Å². The first kappa shape index (κ1) is 22.8. The largest absolute Gasteiger partial charge is 0.462 e. The second-order valence-electron chi connectivity index (χ2n) is 7.94. The molecular weight excluding hydrogens is 483 g/mol. The van der Waals surface area contributed by atoms with E-state index in [4.69, 9.17) is 4.74 Å². The van der Waals surface area contributed by atoms with Gasteiger partial charge in [0.2, 0.25) is 0 Å². The summed E-state index contributed by atoms with van der Waals surface area (Å²) in [4.78, 5) is 27.8. The SMILES string of the molecule is CCOC(=O)C(C(=O)C1C(C)C1Br)=P(c1ccccc1)(c1ccccc1)c1ccccc1. The average molecular weight is 509 g/mol. The number of halogens is 1. The third kappa shape index (κ3) is 3.91. The summed E-state index contributed by atoms with van der Waals surface area (Å²) in [6.45, 7) is 1.23. The Morgan fingerprint density at radius 3 is 1.50 bits per heavy atom. The molecule has 1 fully saturated rings. The van der Waals surface area contributed by atoms with Crippen molar-refractivity contribution in [3.8, 4) is 0 Å². The van der Waals surface area contributed by atoms with Crippen LogP contribution >= 0.6 is 22.8 Å². The molecule has 1 saturated carbocycles. The van der Waals surface area contributed by atoms with Crippen LogP contribution in [0.25, 0.3) is 0 Å². The second kappa shape index (κ2) is 9.60. The zero-order valence-corrected chi connectivity index (χ0v) is 20.6. The zero-order valence-electron chi connectivity index (χ0n) is 18.1. The summed E-state index contributed by atoms with van der Waals surface area (Å²) < 4.78 is 5.56. The maximum absolute atomic E-state index is 14.1. The van der Waals surface area contributed by atoms with Crippen molar-refractivity contribution >= 4 is 55.8 Å². The minimum atomic E-state index is -2.80. The molecule has 0 aliphatic heterocycles. The Labute approximate surface area is 197 Å². The summed E-state index contributed by atoms with van der Waals surface area (Å²) >= 11 is 3.63. The molecule has 3 atom stereocenters. The van der Waals surface area contributed by atoms with Crippen molar-refractivity contribution in [1.82, 2.24) is 0 Å². The first-order chi connectivity index (χ1) is 15.5. The van der Waals surface area contributed by atoms with Crippen LogP contribution in [0.1, 0.15) is 13.8 Å². The van der Waals surface area contributed by atoms with Gasteiger partial charge < -0.3 is 4.74 Å². The molecule has 3 aromatic rings. The van der Waals surface area contributed by atoms with Crippen LogP contribution in [-0.4, -0.2) is 28.5 Å². The van der Waals surface area contributed by atoms with E-state index in [2.05, 4.69) is 15.9 Å². The lowest BCUT2D eigenvalue weighted by molar-refractivity contribution is -0.135. The normalized spacial score (nSPS) is 19.8. The third-order valence-corrected chi connectivity index (χ3v) is 11.7. The van der Waals surface area contributed by atoms with Gasteiger partial charge in [-0.2, -0.15) is 0 Å². The molecule has 0 amide bonds. The first-order valence-corrected chi connectivity index (χ1v) is 13.5. The molecule has 4 rings (SSSR count). The van der Waals surface area contributed by atoms with Crippen LogP contribution < -0.4 is 15.9 Å². The fraction of sp³-hybridized carbons (Fsp3) is 0.222. The Balaban J connectivity index is 2.21. The standard InChI is InChI=1S/C27H26BrO3P/c1-3-31-27(30)26(25(29)23-19(2)24(23)28)32(20-13-7-4-8-14-20,21-15-9-5-10-16-21)22-17-11-6-12-18-22/h4-19,23-24H,3H2,1-2H3. The van der Waals surface area contributed by atoms with E-state index in [9.17, 15) is 9.59 Å². The van der Waals surface area contributed by atoms with Crippen molar-refractivity contribution in [2.45, 2.75) is 18.7 Å². The van der Waals surface area contributed by atoms with Gasteiger partial charge in [-0.15, -0.1) is 0 Å². The summed E-state index contributed by atoms with van der Waals surface area (Å²) in [5.74, 6) is -0.676. The molecule has 1 aliphatic carbocycles.